The van der Waals surface area contributed by atoms with E-state index in [0.29, 0.717) is 5.69 Å². The van der Waals surface area contributed by atoms with Crippen LogP contribution >= 0.6 is 7.60 Å². The highest BCUT2D eigenvalue weighted by molar-refractivity contribution is 7.98. The molecule has 0 heterocycles. The average Bonchev–Trinajstić information content (AvgIpc) is 2.63. The number of rotatable bonds is 8. The van der Waals surface area contributed by atoms with Crippen molar-refractivity contribution in [2.45, 2.75) is 0 Å². The van der Waals surface area contributed by atoms with Gasteiger partial charge < -0.3 is 9.05 Å². The molecule has 0 saturated carbocycles. The summed E-state index contributed by atoms with van der Waals surface area (Å²) in [6.07, 6.45) is 0. The fraction of sp³-hybridized carbons (Fsp3) is 0.0526. The third-order valence-corrected chi connectivity index (χ3v) is 7.50. The molecule has 0 fully saturated rings. The Morgan fingerprint density at radius 1 is 0.704 bits per heavy atom. The van der Waals surface area contributed by atoms with Gasteiger partial charge in [-0.05, 0) is 36.4 Å². The van der Waals surface area contributed by atoms with Crippen LogP contribution in [0.2, 0.25) is 0 Å². The minimum Gasteiger partial charge on any atom is -0.415 e. The number of anilines is 1. The van der Waals surface area contributed by atoms with E-state index >= 15 is 0 Å². The van der Waals surface area contributed by atoms with Crippen LogP contribution < -0.4 is 13.8 Å². The lowest BCUT2D eigenvalue weighted by atomic mass is 10.3. The Hall–Kier alpha value is -2.76. The van der Waals surface area contributed by atoms with Crippen molar-refractivity contribution < 1.29 is 22.0 Å². The number of hydrogen-bond acceptors (Lipinski definition) is 5. The van der Waals surface area contributed by atoms with Gasteiger partial charge in [0.05, 0.1) is 0 Å². The van der Waals surface area contributed by atoms with Crippen LogP contribution in [0.5, 0.6) is 11.5 Å². The van der Waals surface area contributed by atoms with Crippen LogP contribution in [0, 0.1) is 0 Å². The first-order valence-electron chi connectivity index (χ1n) is 8.08. The normalized spacial score (nSPS) is 11.6. The van der Waals surface area contributed by atoms with Gasteiger partial charge in [-0.1, -0.05) is 54.6 Å². The van der Waals surface area contributed by atoms with Gasteiger partial charge in [0.2, 0.25) is 10.0 Å². The summed E-state index contributed by atoms with van der Waals surface area (Å²) in [5, 5.41) is 0. The summed E-state index contributed by atoms with van der Waals surface area (Å²) in [6, 6.07) is 25.0. The molecular formula is C19H18NO5PS. The number of benzene rings is 3. The van der Waals surface area contributed by atoms with Gasteiger partial charge in [-0.3, -0.25) is 4.72 Å². The lowest BCUT2D eigenvalue weighted by Crippen LogP contribution is -2.20. The van der Waals surface area contributed by atoms with Crippen LogP contribution in [-0.2, 0) is 14.6 Å². The predicted octanol–water partition coefficient (Wildman–Crippen LogP) is 4.74. The fourth-order valence-electron chi connectivity index (χ4n) is 2.28. The molecule has 0 spiro atoms. The van der Waals surface area contributed by atoms with Crippen LogP contribution in [-0.4, -0.2) is 13.9 Å². The van der Waals surface area contributed by atoms with Crippen molar-refractivity contribution in [2.75, 3.05) is 10.2 Å². The summed E-state index contributed by atoms with van der Waals surface area (Å²) in [5.74, 6) is 0.512. The summed E-state index contributed by atoms with van der Waals surface area (Å²) in [6.45, 7) is 0. The first-order chi connectivity index (χ1) is 12.9. The smallest absolute Gasteiger partial charge is 0.415 e. The van der Waals surface area contributed by atoms with Crippen molar-refractivity contribution in [1.82, 2.24) is 0 Å². The molecule has 8 heteroatoms. The average molecular weight is 403 g/mol. The minimum atomic E-state index is -4.07. The summed E-state index contributed by atoms with van der Waals surface area (Å²) in [4.78, 5) is 0. The van der Waals surface area contributed by atoms with E-state index in [4.69, 9.17) is 9.05 Å². The standard InChI is InChI=1S/C19H18NO5PS/c21-26(24-18-12-6-2-7-13-18,25-19-14-8-3-9-15-19)16-27(22,23)20-17-10-4-1-5-11-17/h1-15,20H,16H2. The molecular weight excluding hydrogens is 385 g/mol. The molecule has 27 heavy (non-hydrogen) atoms. The molecule has 0 bridgehead atoms. The minimum absolute atomic E-state index is 0.256. The third-order valence-electron chi connectivity index (χ3n) is 3.35. The molecule has 0 atom stereocenters. The van der Waals surface area contributed by atoms with Crippen molar-refractivity contribution in [3.63, 3.8) is 0 Å². The Kier molecular flexibility index (Phi) is 5.84. The largest absolute Gasteiger partial charge is 0.447 e. The molecule has 0 unspecified atom stereocenters. The molecule has 0 radical (unpaired) electrons. The highest BCUT2D eigenvalue weighted by atomic mass is 32.2. The highest BCUT2D eigenvalue weighted by Gasteiger charge is 2.35. The Balaban J connectivity index is 1.85. The Bertz CT molecular complexity index is 966. The molecule has 0 aliphatic rings. The first kappa shape index (κ1) is 19.0. The van der Waals surface area contributed by atoms with Gasteiger partial charge >= 0.3 is 7.60 Å². The van der Waals surface area contributed by atoms with Crippen molar-refractivity contribution in [2.24, 2.45) is 0 Å². The second-order valence-electron chi connectivity index (χ2n) is 5.63. The monoisotopic (exact) mass is 403 g/mol. The Morgan fingerprint density at radius 3 is 1.56 bits per heavy atom. The summed E-state index contributed by atoms with van der Waals surface area (Å²) in [7, 11) is -8.07. The maximum atomic E-state index is 13.3. The van der Waals surface area contributed by atoms with E-state index in [1.807, 2.05) is 0 Å². The number of nitrogens with one attached hydrogen (secondary N) is 1. The number of para-hydroxylation sites is 3. The zero-order chi connectivity index (χ0) is 19.2. The SMILES string of the molecule is O=P(CS(=O)(=O)Nc1ccccc1)(Oc1ccccc1)Oc1ccccc1. The molecule has 3 aromatic carbocycles. The summed E-state index contributed by atoms with van der Waals surface area (Å²) < 4.78 is 51.8. The number of sulfonamides is 1. The quantitative estimate of drug-likeness (QED) is 0.550. The van der Waals surface area contributed by atoms with E-state index in [1.54, 1.807) is 91.0 Å². The van der Waals surface area contributed by atoms with Gasteiger partial charge in [0, 0.05) is 5.69 Å². The second-order valence-corrected chi connectivity index (χ2v) is 9.68. The van der Waals surface area contributed by atoms with Crippen LogP contribution in [0.4, 0.5) is 5.69 Å². The second kappa shape index (κ2) is 8.29. The van der Waals surface area contributed by atoms with Crippen molar-refractivity contribution >= 4 is 23.3 Å². The van der Waals surface area contributed by atoms with Gasteiger partial charge in [-0.15, -0.1) is 0 Å². The van der Waals surface area contributed by atoms with Crippen LogP contribution in [0.1, 0.15) is 0 Å². The topological polar surface area (TPSA) is 81.7 Å². The maximum absolute atomic E-state index is 13.3. The molecule has 6 nitrogen and oxygen atoms in total. The van der Waals surface area contributed by atoms with Gasteiger partial charge in [0.25, 0.3) is 0 Å². The maximum Gasteiger partial charge on any atom is 0.447 e. The molecule has 0 aliphatic heterocycles. The molecule has 140 valence electrons. The van der Waals surface area contributed by atoms with Gasteiger partial charge in [0.1, 0.15) is 11.5 Å². The van der Waals surface area contributed by atoms with Crippen molar-refractivity contribution in [1.29, 1.82) is 0 Å². The van der Waals surface area contributed by atoms with Crippen LogP contribution in [0.15, 0.2) is 91.0 Å². The lowest BCUT2D eigenvalue weighted by molar-refractivity contribution is 0.391. The molecule has 0 saturated heterocycles. The van der Waals surface area contributed by atoms with Crippen molar-refractivity contribution in [3.8, 4) is 11.5 Å². The molecule has 0 amide bonds. The molecule has 0 aromatic heterocycles. The van der Waals surface area contributed by atoms with E-state index in [9.17, 15) is 13.0 Å². The molecule has 3 aromatic rings. The molecule has 0 aliphatic carbocycles. The van der Waals surface area contributed by atoms with Gasteiger partial charge in [-0.2, -0.15) is 0 Å². The van der Waals surface area contributed by atoms with Crippen molar-refractivity contribution in [3.05, 3.63) is 91.0 Å². The first-order valence-corrected chi connectivity index (χ1v) is 11.5. The zero-order valence-corrected chi connectivity index (χ0v) is 16.0. The summed E-state index contributed by atoms with van der Waals surface area (Å²) in [5.41, 5.74) is -0.470. The Labute approximate surface area is 158 Å². The predicted molar refractivity (Wildman–Crippen MR) is 106 cm³/mol. The van der Waals surface area contributed by atoms with E-state index in [0.717, 1.165) is 0 Å². The lowest BCUT2D eigenvalue weighted by Gasteiger charge is -2.20. The van der Waals surface area contributed by atoms with E-state index in [1.165, 1.54) is 0 Å². The zero-order valence-electron chi connectivity index (χ0n) is 14.3. The molecule has 3 rings (SSSR count). The number of hydrogen-bond donors (Lipinski definition) is 1. The molecule has 1 N–H and O–H groups in total. The van der Waals surface area contributed by atoms with E-state index in [2.05, 4.69) is 4.72 Å². The van der Waals surface area contributed by atoms with Crippen LogP contribution in [0.3, 0.4) is 0 Å². The third kappa shape index (κ3) is 5.88. The van der Waals surface area contributed by atoms with Gasteiger partial charge in [-0.25, -0.2) is 13.0 Å². The van der Waals surface area contributed by atoms with Crippen LogP contribution in [0.25, 0.3) is 0 Å². The Morgan fingerprint density at radius 2 is 1.11 bits per heavy atom. The van der Waals surface area contributed by atoms with E-state index < -0.39 is 23.1 Å². The van der Waals surface area contributed by atoms with Gasteiger partial charge in [0.15, 0.2) is 5.49 Å². The van der Waals surface area contributed by atoms with E-state index in [-0.39, 0.29) is 11.5 Å². The fourth-order valence-corrected chi connectivity index (χ4v) is 6.04. The summed E-state index contributed by atoms with van der Waals surface area (Å²) >= 11 is 0. The highest BCUT2D eigenvalue weighted by Crippen LogP contribution is 2.49.